The molecule has 4 heteroatoms. The van der Waals surface area contributed by atoms with Crippen LogP contribution in [0.1, 0.15) is 20.3 Å². The van der Waals surface area contributed by atoms with Crippen molar-refractivity contribution in [2.24, 2.45) is 5.92 Å². The molecule has 0 saturated carbocycles. The minimum atomic E-state index is 0.317. The van der Waals surface area contributed by atoms with Gasteiger partial charge in [0.1, 0.15) is 0 Å². The van der Waals surface area contributed by atoms with Crippen molar-refractivity contribution in [3.05, 3.63) is 0 Å². The molecule has 1 aliphatic heterocycles. The van der Waals surface area contributed by atoms with Crippen molar-refractivity contribution in [2.45, 2.75) is 26.3 Å². The third-order valence-corrected chi connectivity index (χ3v) is 2.93. The Kier molecular flexibility index (Phi) is 5.22. The van der Waals surface area contributed by atoms with Crippen LogP contribution in [-0.4, -0.2) is 62.0 Å². The van der Waals surface area contributed by atoms with Crippen molar-refractivity contribution < 1.29 is 4.79 Å². The lowest BCUT2D eigenvalue weighted by Gasteiger charge is -2.19. The van der Waals surface area contributed by atoms with Gasteiger partial charge in [-0.3, -0.25) is 4.79 Å². The van der Waals surface area contributed by atoms with Gasteiger partial charge in [-0.05, 0) is 20.0 Å². The largest absolute Gasteiger partial charge is 0.341 e. The summed E-state index contributed by atoms with van der Waals surface area (Å²) in [6, 6.07) is 0.505. The van der Waals surface area contributed by atoms with Gasteiger partial charge in [0, 0.05) is 38.6 Å². The van der Waals surface area contributed by atoms with Crippen molar-refractivity contribution in [3.8, 4) is 0 Å². The Morgan fingerprint density at radius 1 is 1.50 bits per heavy atom. The van der Waals surface area contributed by atoms with Crippen LogP contribution in [0.25, 0.3) is 0 Å². The van der Waals surface area contributed by atoms with E-state index >= 15 is 0 Å². The minimum absolute atomic E-state index is 0.317. The fraction of sp³-hybridized carbons (Fsp3) is 0.917. The van der Waals surface area contributed by atoms with Crippen LogP contribution in [0.3, 0.4) is 0 Å². The highest BCUT2D eigenvalue weighted by atomic mass is 16.2. The van der Waals surface area contributed by atoms with E-state index in [9.17, 15) is 4.79 Å². The van der Waals surface area contributed by atoms with Gasteiger partial charge >= 0.3 is 0 Å². The van der Waals surface area contributed by atoms with E-state index in [-0.39, 0.29) is 0 Å². The molecule has 0 bridgehead atoms. The third-order valence-electron chi connectivity index (χ3n) is 2.93. The number of nitrogens with zero attached hydrogens (tertiary/aromatic N) is 2. The van der Waals surface area contributed by atoms with Crippen LogP contribution in [0, 0.1) is 5.92 Å². The van der Waals surface area contributed by atoms with E-state index < -0.39 is 0 Å². The van der Waals surface area contributed by atoms with Crippen molar-refractivity contribution in [2.75, 3.05) is 40.3 Å². The zero-order valence-corrected chi connectivity index (χ0v) is 11.0. The maximum atomic E-state index is 11.7. The Labute approximate surface area is 99.0 Å². The second kappa shape index (κ2) is 6.21. The quantitative estimate of drug-likeness (QED) is 0.713. The maximum Gasteiger partial charge on any atom is 0.223 e. The molecule has 16 heavy (non-hydrogen) atoms. The van der Waals surface area contributed by atoms with E-state index in [1.54, 1.807) is 0 Å². The van der Waals surface area contributed by atoms with Crippen LogP contribution in [0.5, 0.6) is 0 Å². The molecule has 1 atom stereocenters. The zero-order valence-electron chi connectivity index (χ0n) is 11.0. The third kappa shape index (κ3) is 4.49. The highest BCUT2D eigenvalue weighted by molar-refractivity contribution is 5.78. The molecule has 0 spiro atoms. The van der Waals surface area contributed by atoms with Crippen LogP contribution in [0.15, 0.2) is 0 Å². The van der Waals surface area contributed by atoms with Crippen molar-refractivity contribution in [3.63, 3.8) is 0 Å². The number of nitrogens with one attached hydrogen (secondary N) is 1. The molecule has 94 valence electrons. The van der Waals surface area contributed by atoms with Gasteiger partial charge in [-0.2, -0.15) is 0 Å². The Hall–Kier alpha value is -0.610. The monoisotopic (exact) mass is 227 g/mol. The molecular formula is C12H25N3O. The highest BCUT2D eigenvalue weighted by Crippen LogP contribution is 2.16. The summed E-state index contributed by atoms with van der Waals surface area (Å²) < 4.78 is 0. The lowest BCUT2D eigenvalue weighted by molar-refractivity contribution is -0.127. The summed E-state index contributed by atoms with van der Waals surface area (Å²) >= 11 is 0. The summed E-state index contributed by atoms with van der Waals surface area (Å²) in [4.78, 5) is 15.8. The van der Waals surface area contributed by atoms with Gasteiger partial charge in [0.2, 0.25) is 5.91 Å². The zero-order chi connectivity index (χ0) is 12.1. The average Bonchev–Trinajstić information content (AvgIpc) is 2.53. The van der Waals surface area contributed by atoms with Crippen LogP contribution in [0.4, 0.5) is 0 Å². The molecule has 0 radical (unpaired) electrons. The summed E-state index contributed by atoms with van der Waals surface area (Å²) in [6.07, 6.45) is 0.715. The van der Waals surface area contributed by atoms with Crippen LogP contribution in [0.2, 0.25) is 0 Å². The average molecular weight is 227 g/mol. The molecule has 0 aromatic heterocycles. The van der Waals surface area contributed by atoms with Crippen molar-refractivity contribution in [1.82, 2.24) is 15.1 Å². The Bertz CT molecular complexity index is 228. The normalized spacial score (nSPS) is 21.5. The van der Waals surface area contributed by atoms with E-state index in [1.807, 2.05) is 19.0 Å². The molecular weight excluding hydrogens is 202 g/mol. The fourth-order valence-corrected chi connectivity index (χ4v) is 1.93. The first-order valence-corrected chi connectivity index (χ1v) is 6.15. The minimum Gasteiger partial charge on any atom is -0.341 e. The standard InChI is InChI=1S/C12H25N3O/c1-10(2)13-8-11-7-12(16)15(9-11)6-5-14(3)4/h10-11,13H,5-9H2,1-4H3. The van der Waals surface area contributed by atoms with Crippen molar-refractivity contribution >= 4 is 5.91 Å². The van der Waals surface area contributed by atoms with E-state index in [1.165, 1.54) is 0 Å². The molecule has 1 unspecified atom stereocenters. The molecule has 1 amide bonds. The van der Waals surface area contributed by atoms with E-state index in [4.69, 9.17) is 0 Å². The molecule has 0 aromatic carbocycles. The van der Waals surface area contributed by atoms with Gasteiger partial charge in [0.25, 0.3) is 0 Å². The smallest absolute Gasteiger partial charge is 0.223 e. The van der Waals surface area contributed by atoms with Gasteiger partial charge < -0.3 is 15.1 Å². The summed E-state index contributed by atoms with van der Waals surface area (Å²) in [5, 5.41) is 3.40. The molecule has 0 aliphatic carbocycles. The van der Waals surface area contributed by atoms with Crippen LogP contribution >= 0.6 is 0 Å². The van der Waals surface area contributed by atoms with E-state index in [0.29, 0.717) is 24.3 Å². The van der Waals surface area contributed by atoms with Gasteiger partial charge in [0.15, 0.2) is 0 Å². The number of hydrogen-bond acceptors (Lipinski definition) is 3. The van der Waals surface area contributed by atoms with Crippen LogP contribution < -0.4 is 5.32 Å². The molecule has 1 N–H and O–H groups in total. The first-order valence-electron chi connectivity index (χ1n) is 6.15. The summed E-state index contributed by atoms with van der Waals surface area (Å²) in [6.45, 7) is 7.98. The summed E-state index contributed by atoms with van der Waals surface area (Å²) in [7, 11) is 4.08. The molecule has 1 saturated heterocycles. The van der Waals surface area contributed by atoms with Gasteiger partial charge in [0.05, 0.1) is 0 Å². The highest BCUT2D eigenvalue weighted by Gasteiger charge is 2.28. The number of rotatable bonds is 6. The number of amides is 1. The summed E-state index contributed by atoms with van der Waals surface area (Å²) in [5.41, 5.74) is 0. The SMILES string of the molecule is CC(C)NCC1CC(=O)N(CCN(C)C)C1. The number of carbonyl (C=O) groups is 1. The number of hydrogen-bond donors (Lipinski definition) is 1. The second-order valence-corrected chi connectivity index (χ2v) is 5.28. The lowest BCUT2D eigenvalue weighted by Crippen LogP contribution is -2.34. The molecule has 1 fully saturated rings. The van der Waals surface area contributed by atoms with Gasteiger partial charge in [-0.25, -0.2) is 0 Å². The lowest BCUT2D eigenvalue weighted by atomic mass is 10.1. The second-order valence-electron chi connectivity index (χ2n) is 5.28. The molecule has 1 aliphatic rings. The first-order chi connectivity index (χ1) is 7.49. The van der Waals surface area contributed by atoms with E-state index in [0.717, 1.165) is 26.2 Å². The molecule has 1 rings (SSSR count). The molecule has 4 nitrogen and oxygen atoms in total. The Morgan fingerprint density at radius 2 is 2.19 bits per heavy atom. The first kappa shape index (κ1) is 13.5. The Morgan fingerprint density at radius 3 is 2.75 bits per heavy atom. The Balaban J connectivity index is 2.27. The molecule has 1 heterocycles. The van der Waals surface area contributed by atoms with Gasteiger partial charge in [-0.15, -0.1) is 0 Å². The predicted molar refractivity (Wildman–Crippen MR) is 66.4 cm³/mol. The topological polar surface area (TPSA) is 35.6 Å². The maximum absolute atomic E-state index is 11.7. The number of likely N-dealkylation sites (tertiary alicyclic amines) is 1. The molecule has 0 aromatic rings. The number of likely N-dealkylation sites (N-methyl/N-ethyl adjacent to an activating group) is 1. The van der Waals surface area contributed by atoms with Gasteiger partial charge in [-0.1, -0.05) is 13.8 Å². The fourth-order valence-electron chi connectivity index (χ4n) is 1.93. The number of carbonyl (C=O) groups excluding carboxylic acids is 1. The van der Waals surface area contributed by atoms with Crippen molar-refractivity contribution in [1.29, 1.82) is 0 Å². The van der Waals surface area contributed by atoms with E-state index in [2.05, 4.69) is 24.1 Å². The van der Waals surface area contributed by atoms with Crippen LogP contribution in [-0.2, 0) is 4.79 Å². The summed E-state index contributed by atoms with van der Waals surface area (Å²) in [5.74, 6) is 0.814. The predicted octanol–water partition coefficient (Wildman–Crippen LogP) is 0.395.